The Morgan fingerprint density at radius 2 is 2.19 bits per heavy atom. The lowest BCUT2D eigenvalue weighted by molar-refractivity contribution is -0.133. The highest BCUT2D eigenvalue weighted by atomic mass is 32.2. The molecule has 0 radical (unpaired) electrons. The van der Waals surface area contributed by atoms with Crippen LogP contribution in [-0.2, 0) is 9.63 Å². The summed E-state index contributed by atoms with van der Waals surface area (Å²) in [7, 11) is 0. The minimum Gasteiger partial charge on any atom is -0.396 e. The molecule has 0 fully saturated rings. The maximum absolute atomic E-state index is 12.6. The van der Waals surface area contributed by atoms with Crippen LogP contribution in [0.25, 0.3) is 0 Å². The van der Waals surface area contributed by atoms with Gasteiger partial charge in [0.2, 0.25) is 0 Å². The summed E-state index contributed by atoms with van der Waals surface area (Å²) in [5.41, 5.74) is 6.83. The third-order valence-electron chi connectivity index (χ3n) is 4.23. The van der Waals surface area contributed by atoms with Crippen molar-refractivity contribution in [1.29, 1.82) is 0 Å². The van der Waals surface area contributed by atoms with Crippen LogP contribution in [0.2, 0.25) is 0 Å². The molecule has 2 heterocycles. The van der Waals surface area contributed by atoms with E-state index in [0.717, 1.165) is 21.7 Å². The molecule has 2 aromatic rings. The number of carbonyl (C=O) groups is 1. The van der Waals surface area contributed by atoms with E-state index < -0.39 is 0 Å². The van der Waals surface area contributed by atoms with Gasteiger partial charge in [0.1, 0.15) is 5.25 Å². The number of aromatic nitrogens is 1. The van der Waals surface area contributed by atoms with Gasteiger partial charge < -0.3 is 10.4 Å². The maximum Gasteiger partial charge on any atom is 0.259 e. The van der Waals surface area contributed by atoms with Crippen LogP contribution in [0.5, 0.6) is 0 Å². The zero-order chi connectivity index (χ0) is 18.5. The smallest absolute Gasteiger partial charge is 0.259 e. The number of nitrogens with zero attached hydrogens (tertiary/aromatic N) is 1. The van der Waals surface area contributed by atoms with E-state index in [2.05, 4.69) is 41.8 Å². The van der Waals surface area contributed by atoms with Gasteiger partial charge in [-0.1, -0.05) is 17.7 Å². The molecule has 26 heavy (non-hydrogen) atoms. The minimum absolute atomic E-state index is 0.0298. The van der Waals surface area contributed by atoms with Crippen LogP contribution < -0.4 is 10.8 Å². The molecule has 0 saturated heterocycles. The van der Waals surface area contributed by atoms with E-state index in [9.17, 15) is 4.79 Å². The van der Waals surface area contributed by atoms with Gasteiger partial charge >= 0.3 is 0 Å². The van der Waals surface area contributed by atoms with E-state index >= 15 is 0 Å². The Morgan fingerprint density at radius 3 is 2.96 bits per heavy atom. The van der Waals surface area contributed by atoms with Crippen LogP contribution in [0.1, 0.15) is 29.2 Å². The molecule has 1 aromatic carbocycles. The normalized spacial score (nSPS) is 18.4. The molecule has 6 nitrogen and oxygen atoms in total. The first-order valence-electron chi connectivity index (χ1n) is 8.57. The van der Waals surface area contributed by atoms with Crippen LogP contribution in [0.15, 0.2) is 41.6 Å². The monoisotopic (exact) mass is 373 g/mol. The zero-order valence-corrected chi connectivity index (χ0v) is 15.7. The molecule has 0 bridgehead atoms. The fourth-order valence-corrected chi connectivity index (χ4v) is 4.16. The second kappa shape index (κ2) is 8.53. The molecule has 2 unspecified atom stereocenters. The molecule has 2 atom stereocenters. The van der Waals surface area contributed by atoms with Crippen molar-refractivity contribution in [2.75, 3.05) is 18.5 Å². The molecule has 0 aliphatic carbocycles. The van der Waals surface area contributed by atoms with Gasteiger partial charge in [-0.05, 0) is 38.0 Å². The fourth-order valence-electron chi connectivity index (χ4n) is 2.92. The molecule has 1 aliphatic heterocycles. The summed E-state index contributed by atoms with van der Waals surface area (Å²) in [5, 5.41) is 11.9. The summed E-state index contributed by atoms with van der Waals surface area (Å²) in [5.74, 6) is -0.202. The van der Waals surface area contributed by atoms with Gasteiger partial charge in [-0.25, -0.2) is 5.48 Å². The number of hydrogen-bond donors (Lipinski definition) is 3. The Hall–Kier alpha value is -2.09. The first-order valence-corrected chi connectivity index (χ1v) is 9.45. The number of carbonyl (C=O) groups excluding carboxylic acids is 1. The highest BCUT2D eigenvalue weighted by Crippen LogP contribution is 2.45. The Morgan fingerprint density at radius 1 is 1.35 bits per heavy atom. The number of nitrogens with one attached hydrogen (secondary N) is 2. The second-order valence-electron chi connectivity index (χ2n) is 6.28. The molecule has 0 spiro atoms. The van der Waals surface area contributed by atoms with Gasteiger partial charge in [-0.3, -0.25) is 14.6 Å². The lowest BCUT2D eigenvalue weighted by Crippen LogP contribution is -2.37. The van der Waals surface area contributed by atoms with Crippen molar-refractivity contribution in [2.45, 2.75) is 36.5 Å². The summed E-state index contributed by atoms with van der Waals surface area (Å²) >= 11 is 1.50. The van der Waals surface area contributed by atoms with E-state index in [-0.39, 0.29) is 30.4 Å². The molecule has 138 valence electrons. The summed E-state index contributed by atoms with van der Waals surface area (Å²) in [6.45, 7) is 4.42. The number of hydrogen-bond acceptors (Lipinski definition) is 6. The number of aryl methyl sites for hydroxylation is 2. The van der Waals surface area contributed by atoms with Gasteiger partial charge in [0.15, 0.2) is 0 Å². The highest BCUT2D eigenvalue weighted by molar-refractivity contribution is 8.01. The average molecular weight is 373 g/mol. The standard InChI is InChI=1S/C19H23N3O3S/c1-12-4-5-15(13(2)10-12)21-17-14-11-20-7-6-16(14)26-18(17)19(24)22-25-9-3-8-23/h4-7,10-11,17-18,21,23H,3,8-9H2,1-2H3,(H,22,24). The first-order chi connectivity index (χ1) is 12.6. The van der Waals surface area contributed by atoms with Gasteiger partial charge in [0.25, 0.3) is 5.91 Å². The molecular weight excluding hydrogens is 350 g/mol. The van der Waals surface area contributed by atoms with Crippen LogP contribution >= 0.6 is 11.8 Å². The van der Waals surface area contributed by atoms with Crippen molar-refractivity contribution in [3.05, 3.63) is 53.3 Å². The predicted molar refractivity (Wildman–Crippen MR) is 102 cm³/mol. The number of amides is 1. The van der Waals surface area contributed by atoms with E-state index in [1.54, 1.807) is 6.20 Å². The summed E-state index contributed by atoms with van der Waals surface area (Å²) < 4.78 is 0. The van der Waals surface area contributed by atoms with Crippen molar-refractivity contribution < 1.29 is 14.7 Å². The Kier molecular flexibility index (Phi) is 6.13. The molecular formula is C19H23N3O3S. The van der Waals surface area contributed by atoms with Gasteiger partial charge in [0, 0.05) is 35.1 Å². The molecule has 1 aromatic heterocycles. The zero-order valence-electron chi connectivity index (χ0n) is 14.9. The van der Waals surface area contributed by atoms with Crippen molar-refractivity contribution in [2.24, 2.45) is 0 Å². The van der Waals surface area contributed by atoms with Crippen molar-refractivity contribution >= 4 is 23.4 Å². The van der Waals surface area contributed by atoms with Crippen LogP contribution in [0, 0.1) is 13.8 Å². The molecule has 1 amide bonds. The van der Waals surface area contributed by atoms with Crippen molar-refractivity contribution in [1.82, 2.24) is 10.5 Å². The number of fused-ring (bicyclic) bond motifs is 1. The molecule has 1 aliphatic rings. The lowest BCUT2D eigenvalue weighted by atomic mass is 10.0. The Balaban J connectivity index is 1.79. The number of thioether (sulfide) groups is 1. The van der Waals surface area contributed by atoms with E-state index in [1.165, 1.54) is 17.3 Å². The van der Waals surface area contributed by atoms with Crippen LogP contribution in [0.4, 0.5) is 5.69 Å². The number of hydroxylamine groups is 1. The Bertz CT molecular complexity index is 784. The molecule has 3 rings (SSSR count). The molecule has 3 N–H and O–H groups in total. The summed E-state index contributed by atoms with van der Waals surface area (Å²) in [6, 6.07) is 7.93. The fraction of sp³-hybridized carbons (Fsp3) is 0.368. The average Bonchev–Trinajstić information content (AvgIpc) is 3.00. The lowest BCUT2D eigenvalue weighted by Gasteiger charge is -2.22. The molecule has 0 saturated carbocycles. The highest BCUT2D eigenvalue weighted by Gasteiger charge is 2.38. The summed E-state index contributed by atoms with van der Waals surface area (Å²) in [6.07, 6.45) is 4.02. The third kappa shape index (κ3) is 4.17. The van der Waals surface area contributed by atoms with E-state index in [1.807, 2.05) is 18.3 Å². The number of benzene rings is 1. The third-order valence-corrected chi connectivity index (χ3v) is 5.60. The second-order valence-corrected chi connectivity index (χ2v) is 7.47. The quantitative estimate of drug-likeness (QED) is 0.511. The predicted octanol–water partition coefficient (Wildman–Crippen LogP) is 2.76. The number of pyridine rings is 1. The van der Waals surface area contributed by atoms with Gasteiger partial charge in [-0.2, -0.15) is 0 Å². The SMILES string of the molecule is Cc1ccc(NC2c3cnccc3SC2C(=O)NOCCCO)c(C)c1. The van der Waals surface area contributed by atoms with E-state index in [0.29, 0.717) is 6.42 Å². The number of anilines is 1. The number of aliphatic hydroxyl groups excluding tert-OH is 1. The number of rotatable bonds is 7. The first kappa shape index (κ1) is 18.7. The maximum atomic E-state index is 12.6. The van der Waals surface area contributed by atoms with Crippen LogP contribution in [0.3, 0.4) is 0 Å². The van der Waals surface area contributed by atoms with Crippen molar-refractivity contribution in [3.63, 3.8) is 0 Å². The topological polar surface area (TPSA) is 83.5 Å². The van der Waals surface area contributed by atoms with Gasteiger partial charge in [0.05, 0.1) is 12.6 Å². The largest absolute Gasteiger partial charge is 0.396 e. The van der Waals surface area contributed by atoms with Gasteiger partial charge in [-0.15, -0.1) is 11.8 Å². The van der Waals surface area contributed by atoms with Crippen molar-refractivity contribution in [3.8, 4) is 0 Å². The summed E-state index contributed by atoms with van der Waals surface area (Å²) in [4.78, 5) is 23.1. The molecule has 7 heteroatoms. The van der Waals surface area contributed by atoms with Crippen LogP contribution in [-0.4, -0.2) is 34.5 Å². The minimum atomic E-state index is -0.371. The van der Waals surface area contributed by atoms with E-state index in [4.69, 9.17) is 9.94 Å². The Labute approximate surface area is 157 Å². The number of aliphatic hydroxyl groups is 1.